The number of rotatable bonds is 6. The van der Waals surface area contributed by atoms with Crippen molar-refractivity contribution in [3.63, 3.8) is 0 Å². The van der Waals surface area contributed by atoms with E-state index >= 15 is 0 Å². The Morgan fingerprint density at radius 3 is 2.52 bits per heavy atom. The number of hydrogen-bond acceptors (Lipinski definition) is 3. The van der Waals surface area contributed by atoms with Crippen LogP contribution >= 0.6 is 11.6 Å². The summed E-state index contributed by atoms with van der Waals surface area (Å²) in [4.78, 5) is 3.66. The fraction of sp³-hybridized carbons (Fsp3) is 0.312. The van der Waals surface area contributed by atoms with Crippen molar-refractivity contribution in [2.75, 3.05) is 14.2 Å². The van der Waals surface area contributed by atoms with E-state index in [0.717, 1.165) is 6.07 Å². The second kappa shape index (κ2) is 7.19. The van der Waals surface area contributed by atoms with Gasteiger partial charge >= 0.3 is 5.92 Å². The summed E-state index contributed by atoms with van der Waals surface area (Å²) >= 11 is 5.89. The molecule has 7 heteroatoms. The summed E-state index contributed by atoms with van der Waals surface area (Å²) in [6.07, 6.45) is 0. The first kappa shape index (κ1) is 17.6. The van der Waals surface area contributed by atoms with Gasteiger partial charge in [0.05, 0.1) is 7.11 Å². The number of aromatic nitrogens is 1. The Balaban J connectivity index is 2.46. The zero-order valence-corrected chi connectivity index (χ0v) is 13.4. The molecule has 1 heterocycles. The van der Waals surface area contributed by atoms with Crippen molar-refractivity contribution >= 4 is 11.6 Å². The van der Waals surface area contributed by atoms with Gasteiger partial charge in [0.25, 0.3) is 0 Å². The number of ether oxygens (including phenoxy) is 1. The fourth-order valence-corrected chi connectivity index (χ4v) is 2.44. The number of alkyl halides is 3. The van der Waals surface area contributed by atoms with Gasteiger partial charge in [-0.05, 0) is 18.7 Å². The van der Waals surface area contributed by atoms with Crippen LogP contribution in [0.5, 0.6) is 5.88 Å². The first-order valence-electron chi connectivity index (χ1n) is 6.87. The standard InChI is InChI=1S/C16H16ClF3N2O/c1-21-9-11-8-12(18)14(22-15(11)23-2)16(19,20)13(17)10-6-4-3-5-7-10/h3-8,13,21H,9H2,1-2H3. The quantitative estimate of drug-likeness (QED) is 0.804. The average Bonchev–Trinajstić information content (AvgIpc) is 2.55. The molecule has 1 aromatic carbocycles. The van der Waals surface area contributed by atoms with E-state index in [4.69, 9.17) is 16.3 Å². The van der Waals surface area contributed by atoms with Gasteiger partial charge in [0.2, 0.25) is 5.88 Å². The van der Waals surface area contributed by atoms with Gasteiger partial charge in [0.1, 0.15) is 5.38 Å². The number of pyridine rings is 1. The van der Waals surface area contributed by atoms with Gasteiger partial charge in [-0.1, -0.05) is 30.3 Å². The van der Waals surface area contributed by atoms with Crippen molar-refractivity contribution < 1.29 is 17.9 Å². The molecule has 0 bridgehead atoms. The van der Waals surface area contributed by atoms with Gasteiger partial charge in [0.15, 0.2) is 11.5 Å². The van der Waals surface area contributed by atoms with Crippen LogP contribution in [0.3, 0.4) is 0 Å². The Morgan fingerprint density at radius 1 is 1.30 bits per heavy atom. The molecule has 1 atom stereocenters. The third-order valence-corrected chi connectivity index (χ3v) is 3.83. The molecule has 3 nitrogen and oxygen atoms in total. The molecular weight excluding hydrogens is 329 g/mol. The normalized spacial score (nSPS) is 13.0. The zero-order chi connectivity index (χ0) is 17.0. The van der Waals surface area contributed by atoms with E-state index in [-0.39, 0.29) is 18.0 Å². The highest BCUT2D eigenvalue weighted by atomic mass is 35.5. The Hall–Kier alpha value is -1.79. The van der Waals surface area contributed by atoms with Crippen LogP contribution in [-0.2, 0) is 12.5 Å². The summed E-state index contributed by atoms with van der Waals surface area (Å²) in [7, 11) is 2.93. The summed E-state index contributed by atoms with van der Waals surface area (Å²) in [6.45, 7) is 0.238. The third kappa shape index (κ3) is 3.59. The molecule has 23 heavy (non-hydrogen) atoms. The van der Waals surface area contributed by atoms with Crippen LogP contribution < -0.4 is 10.1 Å². The molecule has 0 spiro atoms. The van der Waals surface area contributed by atoms with Crippen molar-refractivity contribution in [3.8, 4) is 5.88 Å². The van der Waals surface area contributed by atoms with Crippen LogP contribution in [-0.4, -0.2) is 19.1 Å². The molecule has 2 rings (SSSR count). The second-order valence-corrected chi connectivity index (χ2v) is 5.35. The van der Waals surface area contributed by atoms with Crippen LogP contribution in [0.1, 0.15) is 22.2 Å². The van der Waals surface area contributed by atoms with Gasteiger partial charge in [-0.3, -0.25) is 0 Å². The Bertz CT molecular complexity index is 668. The summed E-state index contributed by atoms with van der Waals surface area (Å²) in [5.74, 6) is -4.88. The summed E-state index contributed by atoms with van der Waals surface area (Å²) in [6, 6.07) is 8.74. The highest BCUT2D eigenvalue weighted by Crippen LogP contribution is 2.45. The highest BCUT2D eigenvalue weighted by Gasteiger charge is 2.45. The number of benzene rings is 1. The van der Waals surface area contributed by atoms with Crippen molar-refractivity contribution in [3.05, 3.63) is 59.0 Å². The monoisotopic (exact) mass is 344 g/mol. The number of halogens is 4. The van der Waals surface area contributed by atoms with Crippen LogP contribution in [0.2, 0.25) is 0 Å². The molecule has 0 fully saturated rings. The van der Waals surface area contributed by atoms with Crippen LogP contribution in [0, 0.1) is 5.82 Å². The first-order valence-corrected chi connectivity index (χ1v) is 7.30. The van der Waals surface area contributed by atoms with E-state index in [0.29, 0.717) is 5.56 Å². The van der Waals surface area contributed by atoms with Crippen LogP contribution in [0.25, 0.3) is 0 Å². The molecule has 1 unspecified atom stereocenters. The largest absolute Gasteiger partial charge is 0.481 e. The Kier molecular flexibility index (Phi) is 5.49. The molecule has 0 aliphatic heterocycles. The fourth-order valence-electron chi connectivity index (χ4n) is 2.19. The molecule has 124 valence electrons. The lowest BCUT2D eigenvalue weighted by molar-refractivity contribution is -0.0182. The molecule has 2 aromatic rings. The van der Waals surface area contributed by atoms with E-state index in [2.05, 4.69) is 10.3 Å². The SMILES string of the molecule is CNCc1cc(F)c(C(F)(F)C(Cl)c2ccccc2)nc1OC. The zero-order valence-electron chi connectivity index (χ0n) is 12.6. The van der Waals surface area contributed by atoms with E-state index in [9.17, 15) is 13.2 Å². The minimum Gasteiger partial charge on any atom is -0.481 e. The van der Waals surface area contributed by atoms with Gasteiger partial charge in [-0.15, -0.1) is 11.6 Å². The van der Waals surface area contributed by atoms with E-state index in [1.54, 1.807) is 25.2 Å². The van der Waals surface area contributed by atoms with Crippen molar-refractivity contribution in [2.24, 2.45) is 0 Å². The molecule has 0 saturated heterocycles. The average molecular weight is 345 g/mol. The van der Waals surface area contributed by atoms with E-state index in [1.165, 1.54) is 19.2 Å². The molecular formula is C16H16ClF3N2O. The van der Waals surface area contributed by atoms with Crippen LogP contribution in [0.15, 0.2) is 36.4 Å². The highest BCUT2D eigenvalue weighted by molar-refractivity contribution is 6.21. The topological polar surface area (TPSA) is 34.2 Å². The van der Waals surface area contributed by atoms with E-state index in [1.807, 2.05) is 0 Å². The summed E-state index contributed by atoms with van der Waals surface area (Å²) < 4.78 is 48.4. The van der Waals surface area contributed by atoms with Crippen molar-refractivity contribution in [1.82, 2.24) is 10.3 Å². The van der Waals surface area contributed by atoms with Gasteiger partial charge in [-0.2, -0.15) is 8.78 Å². The van der Waals surface area contributed by atoms with Crippen LogP contribution in [0.4, 0.5) is 13.2 Å². The lowest BCUT2D eigenvalue weighted by Crippen LogP contribution is -2.24. The van der Waals surface area contributed by atoms with Crippen molar-refractivity contribution in [1.29, 1.82) is 0 Å². The first-order chi connectivity index (χ1) is 10.9. The van der Waals surface area contributed by atoms with E-state index < -0.39 is 22.8 Å². The predicted molar refractivity (Wildman–Crippen MR) is 82.4 cm³/mol. The van der Waals surface area contributed by atoms with Gasteiger partial charge < -0.3 is 10.1 Å². The smallest absolute Gasteiger partial charge is 0.312 e. The third-order valence-electron chi connectivity index (χ3n) is 3.30. The van der Waals surface area contributed by atoms with Gasteiger partial charge in [-0.25, -0.2) is 9.37 Å². The van der Waals surface area contributed by atoms with Gasteiger partial charge in [0, 0.05) is 12.1 Å². The maximum Gasteiger partial charge on any atom is 0.312 e. The minimum atomic E-state index is -3.70. The molecule has 0 amide bonds. The molecule has 0 aliphatic carbocycles. The molecule has 0 saturated carbocycles. The molecule has 0 radical (unpaired) electrons. The number of nitrogens with zero attached hydrogens (tertiary/aromatic N) is 1. The maximum absolute atomic E-state index is 14.6. The predicted octanol–water partition coefficient (Wildman–Crippen LogP) is 4.02. The lowest BCUT2D eigenvalue weighted by atomic mass is 10.0. The second-order valence-electron chi connectivity index (χ2n) is 4.91. The molecule has 1 N–H and O–H groups in total. The number of nitrogens with one attached hydrogen (secondary N) is 1. The summed E-state index contributed by atoms with van der Waals surface area (Å²) in [5.41, 5.74) is -0.505. The number of methoxy groups -OCH3 is 1. The van der Waals surface area contributed by atoms with Crippen molar-refractivity contribution in [2.45, 2.75) is 17.8 Å². The molecule has 1 aromatic heterocycles. The summed E-state index contributed by atoms with van der Waals surface area (Å²) in [5, 5.41) is 1.05. The number of hydrogen-bond donors (Lipinski definition) is 1. The minimum absolute atomic E-state index is 0.0626. The maximum atomic E-state index is 14.6. The Morgan fingerprint density at radius 2 is 1.96 bits per heavy atom. The lowest BCUT2D eigenvalue weighted by Gasteiger charge is -2.23. The molecule has 0 aliphatic rings. The Labute approximate surface area is 137 Å².